The highest BCUT2D eigenvalue weighted by atomic mass is 16.5. The Morgan fingerprint density at radius 2 is 1.34 bits per heavy atom. The zero-order valence-electron chi connectivity index (χ0n) is 25.8. The Morgan fingerprint density at radius 1 is 0.773 bits per heavy atom. The van der Waals surface area contributed by atoms with Crippen molar-refractivity contribution in [3.05, 3.63) is 108 Å². The van der Waals surface area contributed by atoms with Crippen molar-refractivity contribution in [3.63, 3.8) is 0 Å². The van der Waals surface area contributed by atoms with E-state index in [2.05, 4.69) is 70.8 Å². The molecule has 0 N–H and O–H groups in total. The maximum absolute atomic E-state index is 14.6. The number of hydrogen-bond donors (Lipinski definition) is 0. The molecule has 0 bridgehead atoms. The van der Waals surface area contributed by atoms with Crippen LogP contribution in [0, 0.1) is 12.8 Å². The van der Waals surface area contributed by atoms with Gasteiger partial charge in [0, 0.05) is 32.9 Å². The molecule has 1 heterocycles. The van der Waals surface area contributed by atoms with Gasteiger partial charge in [-0.15, -0.1) is 0 Å². The minimum absolute atomic E-state index is 0.0436. The van der Waals surface area contributed by atoms with Crippen LogP contribution in [0.4, 0.5) is 0 Å². The summed E-state index contributed by atoms with van der Waals surface area (Å²) >= 11 is 0. The second-order valence-corrected chi connectivity index (χ2v) is 12.2. The van der Waals surface area contributed by atoms with E-state index in [9.17, 15) is 9.59 Å². The summed E-state index contributed by atoms with van der Waals surface area (Å²) in [4.78, 5) is 36.4. The topological polar surface area (TPSA) is 79.5 Å². The summed E-state index contributed by atoms with van der Waals surface area (Å²) in [5.41, 5.74) is 2.07. The van der Waals surface area contributed by atoms with Gasteiger partial charge in [0.25, 0.3) is 0 Å². The molecule has 6 rings (SSSR count). The molecule has 0 aliphatic heterocycles. The van der Waals surface area contributed by atoms with Crippen molar-refractivity contribution in [1.29, 1.82) is 0 Å². The average Bonchev–Trinajstić information content (AvgIpc) is 3.50. The van der Waals surface area contributed by atoms with Crippen LogP contribution in [0.2, 0.25) is 0 Å². The molecule has 1 aliphatic carbocycles. The van der Waals surface area contributed by atoms with Crippen LogP contribution in [0.15, 0.2) is 89.5 Å². The number of aryl methyl sites for hydroxylation is 1. The number of carbonyl (C=O) groups is 2. The number of fused-ring (bicyclic) bond motifs is 2. The van der Waals surface area contributed by atoms with Gasteiger partial charge in [-0.05, 0) is 52.4 Å². The number of carbonyl (C=O) groups excluding carboxylic acids is 2. The summed E-state index contributed by atoms with van der Waals surface area (Å²) in [6.45, 7) is 1.78. The zero-order valence-corrected chi connectivity index (χ0v) is 25.8. The Bertz CT molecular complexity index is 1770. The van der Waals surface area contributed by atoms with Crippen LogP contribution >= 0.6 is 0 Å². The first-order valence-electron chi connectivity index (χ1n) is 15.7. The van der Waals surface area contributed by atoms with E-state index in [1.165, 1.54) is 0 Å². The fourth-order valence-electron chi connectivity index (χ4n) is 6.59. The predicted molar refractivity (Wildman–Crippen MR) is 173 cm³/mol. The lowest BCUT2D eigenvalue weighted by Gasteiger charge is -2.36. The second kappa shape index (κ2) is 13.0. The molecule has 1 aliphatic rings. The van der Waals surface area contributed by atoms with Crippen LogP contribution < -0.4 is 0 Å². The van der Waals surface area contributed by atoms with Crippen LogP contribution in [0.1, 0.15) is 61.0 Å². The van der Waals surface area contributed by atoms with E-state index in [1.54, 1.807) is 30.8 Å². The zero-order chi connectivity index (χ0) is 30.6. The molecule has 4 aromatic carbocycles. The van der Waals surface area contributed by atoms with E-state index in [1.807, 2.05) is 24.3 Å². The van der Waals surface area contributed by atoms with Crippen LogP contribution in [-0.4, -0.2) is 51.9 Å². The quantitative estimate of drug-likeness (QED) is 0.184. The van der Waals surface area contributed by atoms with Crippen molar-refractivity contribution < 1.29 is 14.1 Å². The van der Waals surface area contributed by atoms with E-state index < -0.39 is 12.1 Å². The minimum Gasteiger partial charge on any atom is -0.337 e. The van der Waals surface area contributed by atoms with Gasteiger partial charge < -0.3 is 14.3 Å². The van der Waals surface area contributed by atoms with Crippen LogP contribution in [0.5, 0.6) is 0 Å². The molecule has 2 atom stereocenters. The van der Waals surface area contributed by atoms with Crippen molar-refractivity contribution in [3.8, 4) is 0 Å². The summed E-state index contributed by atoms with van der Waals surface area (Å²) in [6, 6.07) is 27.9. The number of amides is 2. The van der Waals surface area contributed by atoms with Gasteiger partial charge in [-0.2, -0.15) is 4.98 Å². The summed E-state index contributed by atoms with van der Waals surface area (Å²) < 4.78 is 5.67. The predicted octanol–water partition coefficient (Wildman–Crippen LogP) is 7.08. The molecule has 7 heteroatoms. The first-order valence-corrected chi connectivity index (χ1v) is 15.7. The minimum atomic E-state index is -0.682. The molecule has 1 unspecified atom stereocenters. The molecule has 1 saturated carbocycles. The van der Waals surface area contributed by atoms with Gasteiger partial charge >= 0.3 is 0 Å². The lowest BCUT2D eigenvalue weighted by molar-refractivity contribution is -0.148. The first-order chi connectivity index (χ1) is 21.4. The highest BCUT2D eigenvalue weighted by Gasteiger charge is 2.37. The molecule has 5 aromatic rings. The number of nitrogens with zero attached hydrogens (tertiary/aromatic N) is 4. The van der Waals surface area contributed by atoms with Gasteiger partial charge in [0.2, 0.25) is 17.7 Å². The normalized spacial score (nSPS) is 15.2. The maximum atomic E-state index is 14.6. The van der Waals surface area contributed by atoms with Gasteiger partial charge in [-0.3, -0.25) is 9.59 Å². The molecule has 0 saturated heterocycles. The Hall–Kier alpha value is -4.52. The molecule has 0 spiro atoms. The number of benzene rings is 4. The Kier molecular flexibility index (Phi) is 8.73. The standard InChI is InChI=1S/C37H40N4O3/c1-25-38-35(44-39-25)33(23-26-17-19-28-11-7-9-15-31(28)21-26)40(2)37(43)34(41(3)36(42)30-13-5-4-6-14-30)24-27-18-20-29-12-8-10-16-32(29)22-27/h7-12,15-22,30,33-34H,4-6,13-14,23-24H2,1-3H3/t33-,34?/m1/s1. The Balaban J connectivity index is 1.33. The van der Waals surface area contributed by atoms with Crippen molar-refractivity contribution in [2.45, 2.75) is 64.0 Å². The molecule has 44 heavy (non-hydrogen) atoms. The van der Waals surface area contributed by atoms with Crippen LogP contribution in [0.3, 0.4) is 0 Å². The monoisotopic (exact) mass is 588 g/mol. The fraction of sp³-hybridized carbons (Fsp3) is 0.351. The molecular weight excluding hydrogens is 548 g/mol. The third kappa shape index (κ3) is 6.37. The molecule has 7 nitrogen and oxygen atoms in total. The Labute approximate surface area is 258 Å². The number of likely N-dealkylation sites (N-methyl/N-ethyl adjacent to an activating group) is 2. The van der Waals surface area contributed by atoms with Gasteiger partial charge in [0.1, 0.15) is 12.1 Å². The van der Waals surface area contributed by atoms with E-state index in [4.69, 9.17) is 4.52 Å². The highest BCUT2D eigenvalue weighted by molar-refractivity contribution is 5.89. The second-order valence-electron chi connectivity index (χ2n) is 12.2. The van der Waals surface area contributed by atoms with Gasteiger partial charge in [-0.1, -0.05) is 109 Å². The summed E-state index contributed by atoms with van der Waals surface area (Å²) in [7, 11) is 3.59. The van der Waals surface area contributed by atoms with E-state index >= 15 is 0 Å². The molecule has 1 fully saturated rings. The highest BCUT2D eigenvalue weighted by Crippen LogP contribution is 2.30. The maximum Gasteiger partial charge on any atom is 0.249 e. The van der Waals surface area contributed by atoms with Crippen molar-refractivity contribution >= 4 is 33.4 Å². The lowest BCUT2D eigenvalue weighted by atomic mass is 9.87. The first kappa shape index (κ1) is 29.5. The third-order valence-electron chi connectivity index (χ3n) is 9.18. The van der Waals surface area contributed by atoms with Crippen molar-refractivity contribution in [2.24, 2.45) is 5.92 Å². The lowest BCUT2D eigenvalue weighted by Crippen LogP contribution is -2.52. The number of hydrogen-bond acceptors (Lipinski definition) is 5. The third-order valence-corrected chi connectivity index (χ3v) is 9.18. The average molecular weight is 589 g/mol. The van der Waals surface area contributed by atoms with Gasteiger partial charge in [-0.25, -0.2) is 0 Å². The van der Waals surface area contributed by atoms with Gasteiger partial charge in [0.15, 0.2) is 5.82 Å². The van der Waals surface area contributed by atoms with Crippen LogP contribution in [-0.2, 0) is 22.4 Å². The fourth-order valence-corrected chi connectivity index (χ4v) is 6.59. The van der Waals surface area contributed by atoms with Crippen LogP contribution in [0.25, 0.3) is 21.5 Å². The largest absolute Gasteiger partial charge is 0.337 e. The van der Waals surface area contributed by atoms with Crippen molar-refractivity contribution in [1.82, 2.24) is 19.9 Å². The summed E-state index contributed by atoms with van der Waals surface area (Å²) in [5.74, 6) is 0.764. The molecule has 226 valence electrons. The SMILES string of the molecule is Cc1noc([C@@H](Cc2ccc3ccccc3c2)N(C)C(=O)C(Cc2ccc3ccccc3c2)N(C)C(=O)C2CCCCC2)n1. The number of rotatable bonds is 9. The molecule has 1 aromatic heterocycles. The van der Waals surface area contributed by atoms with Gasteiger partial charge in [0.05, 0.1) is 0 Å². The smallest absolute Gasteiger partial charge is 0.249 e. The summed E-state index contributed by atoms with van der Waals surface area (Å²) in [6.07, 6.45) is 5.93. The van der Waals surface area contributed by atoms with Crippen molar-refractivity contribution in [2.75, 3.05) is 14.1 Å². The van der Waals surface area contributed by atoms with E-state index in [-0.39, 0.29) is 17.7 Å². The molecule has 2 amide bonds. The molecular formula is C37H40N4O3. The van der Waals surface area contributed by atoms with E-state index in [0.717, 1.165) is 64.8 Å². The Morgan fingerprint density at radius 3 is 1.91 bits per heavy atom. The van der Waals surface area contributed by atoms with E-state index in [0.29, 0.717) is 24.6 Å². The molecule has 0 radical (unpaired) electrons. The number of aromatic nitrogens is 2. The summed E-state index contributed by atoms with van der Waals surface area (Å²) in [5, 5.41) is 8.59.